The fourth-order valence-corrected chi connectivity index (χ4v) is 5.43. The second kappa shape index (κ2) is 9.38. The summed E-state index contributed by atoms with van der Waals surface area (Å²) in [7, 11) is 0. The Bertz CT molecular complexity index is 1380. The van der Waals surface area contributed by atoms with E-state index in [0.29, 0.717) is 28.9 Å². The van der Waals surface area contributed by atoms with Crippen molar-refractivity contribution in [2.45, 2.75) is 32.4 Å². The lowest BCUT2D eigenvalue weighted by molar-refractivity contribution is -0.132. The highest BCUT2D eigenvalue weighted by Gasteiger charge is 2.30. The molecule has 3 heterocycles. The Kier molecular flexibility index (Phi) is 6.15. The minimum atomic E-state index is -0.336. The number of thiophene rings is 1. The maximum Gasteiger partial charge on any atom is 0.263 e. The van der Waals surface area contributed by atoms with E-state index in [1.54, 1.807) is 12.1 Å². The number of benzene rings is 2. The van der Waals surface area contributed by atoms with Gasteiger partial charge in [0.05, 0.1) is 24.4 Å². The fourth-order valence-electron chi connectivity index (χ4n) is 4.52. The highest BCUT2D eigenvalue weighted by atomic mass is 32.1. The summed E-state index contributed by atoms with van der Waals surface area (Å²) < 4.78 is 20.3. The summed E-state index contributed by atoms with van der Waals surface area (Å²) >= 11 is 1.36. The Labute approximate surface area is 200 Å². The van der Waals surface area contributed by atoms with Crippen LogP contribution in [0.4, 0.5) is 4.39 Å². The van der Waals surface area contributed by atoms with Crippen LogP contribution in [0.2, 0.25) is 0 Å². The molecule has 0 N–H and O–H groups in total. The number of carbonyl (C=O) groups is 1. The Morgan fingerprint density at radius 3 is 2.68 bits per heavy atom. The highest BCUT2D eigenvalue weighted by molar-refractivity contribution is 7.17. The van der Waals surface area contributed by atoms with Gasteiger partial charge in [-0.1, -0.05) is 24.3 Å². The maximum absolute atomic E-state index is 13.4. The van der Waals surface area contributed by atoms with Crippen molar-refractivity contribution in [2.75, 3.05) is 13.2 Å². The number of fused-ring (bicyclic) bond motifs is 1. The molecule has 6 nitrogen and oxygen atoms in total. The van der Waals surface area contributed by atoms with Crippen LogP contribution < -0.4 is 10.3 Å². The molecular weight excluding hydrogens is 453 g/mol. The standard InChI is InChI=1S/C26H24FN3O3S/c1-2-33-20-11-7-18(8-12-20)22-4-3-13-30(22)23(31)14-29-16-28-25-24(26(29)32)21(15-34-25)17-5-9-19(27)10-6-17/h5-12,15-16,22H,2-4,13-14H2,1H3/t22-/m1/s1. The van der Waals surface area contributed by atoms with Crippen molar-refractivity contribution in [3.8, 4) is 16.9 Å². The molecule has 1 aliphatic rings. The van der Waals surface area contributed by atoms with Crippen LogP contribution in [-0.2, 0) is 11.3 Å². The molecule has 1 fully saturated rings. The van der Waals surface area contributed by atoms with Crippen LogP contribution in [0, 0.1) is 5.82 Å². The summed E-state index contributed by atoms with van der Waals surface area (Å²) in [4.78, 5) is 33.4. The molecule has 1 aliphatic heterocycles. The van der Waals surface area contributed by atoms with E-state index in [2.05, 4.69) is 4.98 Å². The van der Waals surface area contributed by atoms with E-state index in [0.717, 1.165) is 29.7 Å². The number of carbonyl (C=O) groups excluding carboxylic acids is 1. The normalized spacial score (nSPS) is 15.7. The quantitative estimate of drug-likeness (QED) is 0.391. The first-order valence-corrected chi connectivity index (χ1v) is 12.2. The Morgan fingerprint density at radius 2 is 1.94 bits per heavy atom. The molecule has 0 radical (unpaired) electrons. The van der Waals surface area contributed by atoms with Crippen LogP contribution in [0.1, 0.15) is 31.4 Å². The van der Waals surface area contributed by atoms with Gasteiger partial charge >= 0.3 is 0 Å². The SMILES string of the molecule is CCOc1ccc([C@H]2CCCN2C(=O)Cn2cnc3scc(-c4ccc(F)cc4)c3c2=O)cc1. The van der Waals surface area contributed by atoms with Crippen LogP contribution in [-0.4, -0.2) is 33.5 Å². The number of aromatic nitrogens is 2. The van der Waals surface area contributed by atoms with Gasteiger partial charge in [0, 0.05) is 17.5 Å². The molecule has 0 unspecified atom stereocenters. The second-order valence-corrected chi connectivity index (χ2v) is 9.12. The topological polar surface area (TPSA) is 64.4 Å². The average Bonchev–Trinajstić information content (AvgIpc) is 3.50. The van der Waals surface area contributed by atoms with Crippen molar-refractivity contribution >= 4 is 27.5 Å². The van der Waals surface area contributed by atoms with Gasteiger partial charge in [-0.25, -0.2) is 9.37 Å². The number of nitrogens with zero attached hydrogens (tertiary/aromatic N) is 3. The summed E-state index contributed by atoms with van der Waals surface area (Å²) in [5.74, 6) is 0.357. The van der Waals surface area contributed by atoms with Crippen molar-refractivity contribution < 1.29 is 13.9 Å². The van der Waals surface area contributed by atoms with Crippen molar-refractivity contribution in [3.63, 3.8) is 0 Å². The van der Waals surface area contributed by atoms with Gasteiger partial charge in [0.2, 0.25) is 5.91 Å². The molecule has 0 saturated carbocycles. The van der Waals surface area contributed by atoms with Crippen molar-refractivity contribution in [3.05, 3.63) is 82.0 Å². The number of ether oxygens (including phenoxy) is 1. The molecule has 5 rings (SSSR count). The maximum atomic E-state index is 13.4. The smallest absolute Gasteiger partial charge is 0.263 e. The monoisotopic (exact) mass is 477 g/mol. The molecule has 1 saturated heterocycles. The first kappa shape index (κ1) is 22.3. The summed E-state index contributed by atoms with van der Waals surface area (Å²) in [6, 6.07) is 13.9. The molecular formula is C26H24FN3O3S. The average molecular weight is 478 g/mol. The number of likely N-dealkylation sites (tertiary alicyclic amines) is 1. The molecule has 0 aliphatic carbocycles. The second-order valence-electron chi connectivity index (χ2n) is 8.26. The molecule has 34 heavy (non-hydrogen) atoms. The molecule has 2 aromatic carbocycles. The molecule has 8 heteroatoms. The van der Waals surface area contributed by atoms with Crippen LogP contribution in [0.25, 0.3) is 21.3 Å². The predicted octanol–water partition coefficient (Wildman–Crippen LogP) is 5.03. The van der Waals surface area contributed by atoms with Crippen LogP contribution in [0.5, 0.6) is 5.75 Å². The first-order valence-electron chi connectivity index (χ1n) is 11.3. The minimum Gasteiger partial charge on any atom is -0.494 e. The third-order valence-corrected chi connectivity index (χ3v) is 7.06. The lowest BCUT2D eigenvalue weighted by Crippen LogP contribution is -2.36. The number of rotatable bonds is 6. The van der Waals surface area contributed by atoms with Gasteiger partial charge in [0.1, 0.15) is 22.9 Å². The van der Waals surface area contributed by atoms with Gasteiger partial charge in [-0.2, -0.15) is 0 Å². The van der Waals surface area contributed by atoms with E-state index < -0.39 is 0 Å². The number of hydrogen-bond acceptors (Lipinski definition) is 5. The molecule has 0 bridgehead atoms. The third kappa shape index (κ3) is 4.21. The van der Waals surface area contributed by atoms with Crippen LogP contribution in [0.15, 0.2) is 65.0 Å². The third-order valence-electron chi connectivity index (χ3n) is 6.17. The Morgan fingerprint density at radius 1 is 1.18 bits per heavy atom. The summed E-state index contributed by atoms with van der Waals surface area (Å²) in [5, 5.41) is 2.30. The number of amides is 1. The van der Waals surface area contributed by atoms with Gasteiger partial charge in [-0.3, -0.25) is 14.2 Å². The highest BCUT2D eigenvalue weighted by Crippen LogP contribution is 2.33. The largest absolute Gasteiger partial charge is 0.494 e. The zero-order chi connectivity index (χ0) is 23.7. The summed E-state index contributed by atoms with van der Waals surface area (Å²) in [5.41, 5.74) is 2.24. The molecule has 174 valence electrons. The molecule has 1 atom stereocenters. The fraction of sp³-hybridized carbons (Fsp3) is 0.269. The van der Waals surface area contributed by atoms with Gasteiger partial charge in [0.25, 0.3) is 5.56 Å². The Hall–Kier alpha value is -3.52. The van der Waals surface area contributed by atoms with E-state index in [1.165, 1.54) is 34.4 Å². The van der Waals surface area contributed by atoms with Crippen molar-refractivity contribution in [2.24, 2.45) is 0 Å². The number of halogens is 1. The lowest BCUT2D eigenvalue weighted by Gasteiger charge is -2.25. The van der Waals surface area contributed by atoms with E-state index in [1.807, 2.05) is 41.5 Å². The van der Waals surface area contributed by atoms with E-state index in [-0.39, 0.29) is 29.9 Å². The lowest BCUT2D eigenvalue weighted by atomic mass is 10.0. The van der Waals surface area contributed by atoms with Gasteiger partial charge < -0.3 is 9.64 Å². The molecule has 0 spiro atoms. The van der Waals surface area contributed by atoms with Gasteiger partial charge in [-0.15, -0.1) is 11.3 Å². The van der Waals surface area contributed by atoms with Gasteiger partial charge in [-0.05, 0) is 55.2 Å². The van der Waals surface area contributed by atoms with E-state index in [4.69, 9.17) is 4.74 Å². The summed E-state index contributed by atoms with van der Waals surface area (Å²) in [6.07, 6.45) is 3.23. The van der Waals surface area contributed by atoms with Gasteiger partial charge in [0.15, 0.2) is 0 Å². The number of hydrogen-bond donors (Lipinski definition) is 0. The van der Waals surface area contributed by atoms with E-state index >= 15 is 0 Å². The van der Waals surface area contributed by atoms with Crippen LogP contribution >= 0.6 is 11.3 Å². The van der Waals surface area contributed by atoms with Crippen LogP contribution in [0.3, 0.4) is 0 Å². The zero-order valence-electron chi connectivity index (χ0n) is 18.7. The minimum absolute atomic E-state index is 0.0218. The van der Waals surface area contributed by atoms with Crippen molar-refractivity contribution in [1.29, 1.82) is 0 Å². The molecule has 2 aromatic heterocycles. The predicted molar refractivity (Wildman–Crippen MR) is 131 cm³/mol. The summed E-state index contributed by atoms with van der Waals surface area (Å²) in [6.45, 7) is 3.13. The van der Waals surface area contributed by atoms with E-state index in [9.17, 15) is 14.0 Å². The molecule has 4 aromatic rings. The first-order chi connectivity index (χ1) is 16.5. The zero-order valence-corrected chi connectivity index (χ0v) is 19.6. The van der Waals surface area contributed by atoms with Crippen molar-refractivity contribution in [1.82, 2.24) is 14.5 Å². The Balaban J connectivity index is 1.40. The molecule has 1 amide bonds.